The molecule has 22 heavy (non-hydrogen) atoms. The van der Waals surface area contributed by atoms with E-state index in [2.05, 4.69) is 15.5 Å². The maximum Gasteiger partial charge on any atom is 0.272 e. The Hall–Kier alpha value is -2.79. The fraction of sp³-hybridized carbons (Fsp3) is 0. The summed E-state index contributed by atoms with van der Waals surface area (Å²) in [5.74, 6) is -0.249. The van der Waals surface area contributed by atoms with Crippen molar-refractivity contribution in [3.05, 3.63) is 53.6 Å². The van der Waals surface area contributed by atoms with Gasteiger partial charge in [-0.1, -0.05) is 30.3 Å². The van der Waals surface area contributed by atoms with Gasteiger partial charge >= 0.3 is 0 Å². The lowest BCUT2D eigenvalue weighted by atomic mass is 10.0. The number of nitrogen functional groups attached to an aromatic ring is 1. The van der Waals surface area contributed by atoms with Gasteiger partial charge < -0.3 is 10.7 Å². The van der Waals surface area contributed by atoms with Crippen LogP contribution in [0.25, 0.3) is 22.2 Å². The van der Waals surface area contributed by atoms with Crippen molar-refractivity contribution < 1.29 is 4.79 Å². The second kappa shape index (κ2) is 5.20. The number of aromatic amines is 1. The summed E-state index contributed by atoms with van der Waals surface area (Å²) in [6.07, 6.45) is 1.67. The van der Waals surface area contributed by atoms with Crippen LogP contribution in [0, 0.1) is 0 Å². The third-order valence-corrected chi connectivity index (χ3v) is 3.63. The molecule has 4 rings (SSSR count). The molecule has 0 spiro atoms. The summed E-state index contributed by atoms with van der Waals surface area (Å²) < 4.78 is 0. The minimum Gasteiger partial charge on any atom is -0.399 e. The van der Waals surface area contributed by atoms with E-state index in [1.807, 2.05) is 36.4 Å². The summed E-state index contributed by atoms with van der Waals surface area (Å²) in [6, 6.07) is 13.4. The van der Waals surface area contributed by atoms with Gasteiger partial charge in [0.15, 0.2) is 0 Å². The number of nitrogens with zero attached hydrogens (tertiary/aromatic N) is 1. The number of amides is 1. The summed E-state index contributed by atoms with van der Waals surface area (Å²) >= 11 is 0. The van der Waals surface area contributed by atoms with Crippen LogP contribution in [0.15, 0.2) is 47.6 Å². The normalized spacial score (nSPS) is 12.6. The second-order valence-electron chi connectivity index (χ2n) is 4.97. The molecule has 0 bridgehead atoms. The van der Waals surface area contributed by atoms with Gasteiger partial charge in [-0.05, 0) is 17.7 Å². The molecule has 3 aromatic rings. The van der Waals surface area contributed by atoms with E-state index in [0.29, 0.717) is 11.3 Å². The summed E-state index contributed by atoms with van der Waals surface area (Å²) in [5, 5.41) is 4.84. The Kier molecular flexibility index (Phi) is 3.35. The lowest BCUT2D eigenvalue weighted by Gasteiger charge is -2.02. The predicted octanol–water partition coefficient (Wildman–Crippen LogP) is 2.92. The van der Waals surface area contributed by atoms with Gasteiger partial charge in [0.05, 0.1) is 17.5 Å². The SMILES string of the molecule is Cl.Nc1cc2c3c(c(-c4ccccc4)[nH]c3c1)C=NNC2=O. The van der Waals surface area contributed by atoms with Crippen LogP contribution in [-0.2, 0) is 0 Å². The van der Waals surface area contributed by atoms with E-state index in [-0.39, 0.29) is 18.3 Å². The molecule has 5 nitrogen and oxygen atoms in total. The number of carbonyl (C=O) groups excluding carboxylic acids is 1. The van der Waals surface area contributed by atoms with Crippen molar-refractivity contribution in [2.24, 2.45) is 5.10 Å². The highest BCUT2D eigenvalue weighted by Gasteiger charge is 2.21. The number of benzene rings is 2. The van der Waals surface area contributed by atoms with Gasteiger partial charge in [0.2, 0.25) is 0 Å². The van der Waals surface area contributed by atoms with E-state index in [0.717, 1.165) is 27.7 Å². The molecule has 0 radical (unpaired) electrons. The van der Waals surface area contributed by atoms with Gasteiger partial charge in [-0.2, -0.15) is 5.10 Å². The molecule has 2 heterocycles. The average molecular weight is 313 g/mol. The molecular weight excluding hydrogens is 300 g/mol. The van der Waals surface area contributed by atoms with Gasteiger partial charge in [0, 0.05) is 22.2 Å². The van der Waals surface area contributed by atoms with Crippen molar-refractivity contribution in [1.82, 2.24) is 10.4 Å². The minimum absolute atomic E-state index is 0. The number of nitrogens with one attached hydrogen (secondary N) is 2. The van der Waals surface area contributed by atoms with E-state index in [1.165, 1.54) is 0 Å². The topological polar surface area (TPSA) is 83.3 Å². The van der Waals surface area contributed by atoms with Crippen LogP contribution < -0.4 is 11.2 Å². The molecule has 1 aliphatic heterocycles. The van der Waals surface area contributed by atoms with Crippen LogP contribution >= 0.6 is 12.4 Å². The zero-order chi connectivity index (χ0) is 14.4. The first-order valence-corrected chi connectivity index (χ1v) is 6.58. The zero-order valence-corrected chi connectivity index (χ0v) is 12.3. The Morgan fingerprint density at radius 1 is 1.09 bits per heavy atom. The predicted molar refractivity (Wildman–Crippen MR) is 90.5 cm³/mol. The third kappa shape index (κ3) is 2.03. The summed E-state index contributed by atoms with van der Waals surface area (Å²) in [6.45, 7) is 0. The Morgan fingerprint density at radius 3 is 2.64 bits per heavy atom. The number of H-pyrrole nitrogens is 1. The molecule has 1 aromatic heterocycles. The number of hydrazone groups is 1. The van der Waals surface area contributed by atoms with E-state index >= 15 is 0 Å². The molecule has 4 N–H and O–H groups in total. The van der Waals surface area contributed by atoms with E-state index in [1.54, 1.807) is 12.3 Å². The molecule has 110 valence electrons. The van der Waals surface area contributed by atoms with Gasteiger partial charge in [-0.25, -0.2) is 5.43 Å². The van der Waals surface area contributed by atoms with Crippen molar-refractivity contribution >= 4 is 41.1 Å². The van der Waals surface area contributed by atoms with Crippen LogP contribution in [0.3, 0.4) is 0 Å². The number of nitrogens with two attached hydrogens (primary N) is 1. The largest absolute Gasteiger partial charge is 0.399 e. The third-order valence-electron chi connectivity index (χ3n) is 3.63. The first-order valence-electron chi connectivity index (χ1n) is 6.58. The highest BCUT2D eigenvalue weighted by molar-refractivity contribution is 6.17. The van der Waals surface area contributed by atoms with Crippen molar-refractivity contribution in [2.45, 2.75) is 0 Å². The Morgan fingerprint density at radius 2 is 1.86 bits per heavy atom. The van der Waals surface area contributed by atoms with Crippen LogP contribution in [0.4, 0.5) is 5.69 Å². The van der Waals surface area contributed by atoms with Crippen molar-refractivity contribution in [3.8, 4) is 11.3 Å². The molecule has 6 heteroatoms. The smallest absolute Gasteiger partial charge is 0.272 e. The minimum atomic E-state index is -0.249. The first kappa shape index (κ1) is 14.2. The molecule has 0 fully saturated rings. The van der Waals surface area contributed by atoms with Gasteiger partial charge in [-0.3, -0.25) is 4.79 Å². The molecule has 1 aliphatic rings. The van der Waals surface area contributed by atoms with Crippen LogP contribution in [0.1, 0.15) is 15.9 Å². The monoisotopic (exact) mass is 312 g/mol. The van der Waals surface area contributed by atoms with Crippen molar-refractivity contribution in [3.63, 3.8) is 0 Å². The number of halogens is 1. The summed E-state index contributed by atoms with van der Waals surface area (Å²) in [5.41, 5.74) is 13.2. The molecule has 2 aromatic carbocycles. The number of hydrogen-bond donors (Lipinski definition) is 3. The summed E-state index contributed by atoms with van der Waals surface area (Å²) in [7, 11) is 0. The van der Waals surface area contributed by atoms with E-state index in [4.69, 9.17) is 5.73 Å². The first-order chi connectivity index (χ1) is 10.2. The molecule has 0 unspecified atom stereocenters. The fourth-order valence-electron chi connectivity index (χ4n) is 2.74. The fourth-order valence-corrected chi connectivity index (χ4v) is 2.74. The van der Waals surface area contributed by atoms with E-state index < -0.39 is 0 Å². The molecular formula is C16H13ClN4O. The number of carbonyl (C=O) groups is 1. The van der Waals surface area contributed by atoms with Crippen molar-refractivity contribution in [2.75, 3.05) is 5.73 Å². The standard InChI is InChI=1S/C16H12N4O.ClH/c17-10-6-11-14-12(8-18-20-16(11)21)15(19-13(14)7-10)9-4-2-1-3-5-9;/h1-8,19H,17H2,(H,20,21);1H. The quantitative estimate of drug-likeness (QED) is 0.604. The van der Waals surface area contributed by atoms with E-state index in [9.17, 15) is 4.79 Å². The van der Waals surface area contributed by atoms with Crippen LogP contribution in [0.5, 0.6) is 0 Å². The zero-order valence-electron chi connectivity index (χ0n) is 11.5. The number of anilines is 1. The maximum atomic E-state index is 12.1. The summed E-state index contributed by atoms with van der Waals surface area (Å²) in [4.78, 5) is 15.4. The van der Waals surface area contributed by atoms with Gasteiger partial charge in [0.25, 0.3) is 5.91 Å². The number of rotatable bonds is 1. The molecule has 0 atom stereocenters. The Bertz CT molecular complexity index is 899. The van der Waals surface area contributed by atoms with Gasteiger partial charge in [-0.15, -0.1) is 12.4 Å². The van der Waals surface area contributed by atoms with Crippen molar-refractivity contribution in [1.29, 1.82) is 0 Å². The van der Waals surface area contributed by atoms with Crippen LogP contribution in [-0.4, -0.2) is 17.1 Å². The Balaban J connectivity index is 0.00000144. The molecule has 0 saturated carbocycles. The maximum absolute atomic E-state index is 12.1. The molecule has 0 aliphatic carbocycles. The Labute approximate surface area is 132 Å². The second-order valence-corrected chi connectivity index (χ2v) is 4.97. The molecule has 0 saturated heterocycles. The lowest BCUT2D eigenvalue weighted by Crippen LogP contribution is -2.16. The van der Waals surface area contributed by atoms with Crippen LogP contribution in [0.2, 0.25) is 0 Å². The van der Waals surface area contributed by atoms with Gasteiger partial charge in [0.1, 0.15) is 0 Å². The molecule has 1 amide bonds. The highest BCUT2D eigenvalue weighted by atomic mass is 35.5. The average Bonchev–Trinajstić information content (AvgIpc) is 2.76. The number of hydrogen-bond acceptors (Lipinski definition) is 3. The number of aromatic nitrogens is 1. The highest BCUT2D eigenvalue weighted by Crippen LogP contribution is 2.33. The lowest BCUT2D eigenvalue weighted by molar-refractivity contribution is 0.0957.